The molecule has 27 nitrogen and oxygen atoms in total. The molecule has 6 aliphatic heterocycles. The van der Waals surface area contributed by atoms with E-state index in [1.165, 1.54) is 28.1 Å². The number of para-hydroxylation sites is 1. The molecule has 0 bridgehead atoms. The molecule has 0 unspecified atom stereocenters. The van der Waals surface area contributed by atoms with Crippen molar-refractivity contribution in [3.8, 4) is 5.75 Å². The SMILES string of the molecule is C[C@H]1Cn2ncc(I)c2CN1C(=O)OC(C)(C)C.C[C@H]1Cn2ncc(N3C[C@@H](O)CC3=O)c2CN1C(=O)Nc1cc(F)c(F)c(F)c1.C[C@H]1Cn2ncc(N3C[C@@H](O)CC3=O)c2CN1C(=O)OC(C)(C)C.O=C(Nc1cc(F)c(F)c(F)c1)Oc1ccccc1.O=C1C[C@H](O)CN1. The van der Waals surface area contributed by atoms with Crippen molar-refractivity contribution < 1.29 is 89.4 Å². The summed E-state index contributed by atoms with van der Waals surface area (Å²) in [6.07, 6.45) is 2.00. The molecule has 34 heteroatoms. The van der Waals surface area contributed by atoms with Gasteiger partial charge in [0.15, 0.2) is 34.9 Å². The van der Waals surface area contributed by atoms with Gasteiger partial charge in [-0.05, 0) is 97.0 Å². The number of aliphatic hydroxyl groups excluding tert-OH is 3. The summed E-state index contributed by atoms with van der Waals surface area (Å²) < 4.78 is 101. The van der Waals surface area contributed by atoms with E-state index in [1.54, 1.807) is 50.7 Å². The highest BCUT2D eigenvalue weighted by Gasteiger charge is 2.39. The third-order valence-electron chi connectivity index (χ3n) is 15.3. The molecule has 6 aliphatic rings. The number of carbonyl (C=O) groups is 7. The maximum absolute atomic E-state index is 13.4. The summed E-state index contributed by atoms with van der Waals surface area (Å²) in [4.78, 5) is 90.9. The lowest BCUT2D eigenvalue weighted by atomic mass is 10.2. The molecule has 524 valence electrons. The number of fused-ring (bicyclic) bond motifs is 3. The Labute approximate surface area is 566 Å². The highest BCUT2D eigenvalue weighted by Crippen LogP contribution is 2.33. The van der Waals surface area contributed by atoms with E-state index < -0.39 is 76.5 Å². The van der Waals surface area contributed by atoms with Crippen LogP contribution in [-0.2, 0) is 63.1 Å². The average Bonchev–Trinajstić information content (AvgIpc) is 1.68. The minimum Gasteiger partial charge on any atom is -0.444 e. The summed E-state index contributed by atoms with van der Waals surface area (Å²) in [5.41, 5.74) is 2.19. The maximum atomic E-state index is 13.4. The van der Waals surface area contributed by atoms with Crippen LogP contribution in [0.5, 0.6) is 5.75 Å². The standard InChI is InChI=1S/C18H18F3N5O3.C16H24N4O4.C13H8F3NO2.C12H18IN3O2.C4H7NO2/c1-9-6-26-15(14(5-22-26)25-7-11(27)4-16(25)28)8-24(9)18(29)23-10-2-12(19)17(21)13(20)3-10;1-10-7-20-13(9-18(10)15(23)24-16(2,3)4)12(6-17-20)19-8-11(21)5-14(19)22;14-10-6-8(7-11(15)12(10)16)17-13(18)19-9-4-2-1-3-5-9;1-8-6-16-10(9(13)5-14-16)7-15(8)11(17)18-12(2,3)4;6-3-1-4(7)5-2-3/h2-3,5,9,11,27H,4,6-8H2,1H3,(H,23,29);6,10-11,21H,5,7-9H2,1-4H3;1-7H,(H,17,18);5,8H,6-7H2,1-4H3;3,6H,1-2H2,(H,5,7)/t9-,11-;10-,11-;;8-;3-/m00.00/s1. The number of benzene rings is 3. The fourth-order valence-electron chi connectivity index (χ4n) is 10.6. The summed E-state index contributed by atoms with van der Waals surface area (Å²) in [5, 5.41) is 47.9. The lowest BCUT2D eigenvalue weighted by Gasteiger charge is -2.36. The minimum atomic E-state index is -1.61. The van der Waals surface area contributed by atoms with Gasteiger partial charge in [-0.3, -0.25) is 43.5 Å². The molecule has 97 heavy (non-hydrogen) atoms. The number of anilines is 4. The molecule has 8 amide bonds. The van der Waals surface area contributed by atoms with Crippen LogP contribution in [-0.4, -0.2) is 169 Å². The number of aromatic nitrogens is 6. The summed E-state index contributed by atoms with van der Waals surface area (Å²) >= 11 is 2.25. The van der Waals surface area contributed by atoms with Gasteiger partial charge < -0.3 is 54.9 Å². The van der Waals surface area contributed by atoms with Crippen molar-refractivity contribution in [2.24, 2.45) is 0 Å². The quantitative estimate of drug-likeness (QED) is 0.0538. The number of nitrogens with one attached hydrogen (secondary N) is 3. The predicted octanol–water partition coefficient (Wildman–Crippen LogP) is 8.16. The molecule has 6 aromatic rings. The third-order valence-corrected chi connectivity index (χ3v) is 16.2. The van der Waals surface area contributed by atoms with Gasteiger partial charge in [0.2, 0.25) is 17.7 Å². The second-order valence-electron chi connectivity index (χ2n) is 25.5. The number of carbonyl (C=O) groups excluding carboxylic acids is 7. The molecule has 0 radical (unpaired) electrons. The van der Waals surface area contributed by atoms with Crippen molar-refractivity contribution in [1.29, 1.82) is 0 Å². The lowest BCUT2D eigenvalue weighted by molar-refractivity contribution is -0.120. The first-order valence-electron chi connectivity index (χ1n) is 30.6. The summed E-state index contributed by atoms with van der Waals surface area (Å²) in [6.45, 7) is 20.3. The Hall–Kier alpha value is -9.03. The van der Waals surface area contributed by atoms with Crippen molar-refractivity contribution in [2.75, 3.05) is 40.1 Å². The molecule has 6 atom stereocenters. The third kappa shape index (κ3) is 19.2. The molecular formula is C63H75F6IN14O13. The molecule has 6 N–H and O–H groups in total. The molecule has 3 aromatic carbocycles. The van der Waals surface area contributed by atoms with Crippen LogP contribution in [0, 0.1) is 38.5 Å². The molecular weight excluding hydrogens is 1400 g/mol. The van der Waals surface area contributed by atoms with Crippen molar-refractivity contribution >= 4 is 87.4 Å². The first kappa shape index (κ1) is 73.8. The Kier molecular flexibility index (Phi) is 23.6. The molecule has 9 heterocycles. The van der Waals surface area contributed by atoms with Gasteiger partial charge in [0, 0.05) is 36.5 Å². The largest absolute Gasteiger partial charge is 0.444 e. The molecule has 0 aliphatic carbocycles. The number of halogens is 7. The van der Waals surface area contributed by atoms with Gasteiger partial charge in [0.1, 0.15) is 17.0 Å². The predicted molar refractivity (Wildman–Crippen MR) is 344 cm³/mol. The van der Waals surface area contributed by atoms with Crippen molar-refractivity contribution in [3.63, 3.8) is 0 Å². The Bertz CT molecular complexity index is 3840. The van der Waals surface area contributed by atoms with E-state index in [2.05, 4.69) is 53.8 Å². The van der Waals surface area contributed by atoms with Gasteiger partial charge >= 0.3 is 24.3 Å². The van der Waals surface area contributed by atoms with Gasteiger partial charge in [-0.15, -0.1) is 0 Å². The van der Waals surface area contributed by atoms with E-state index in [9.17, 15) is 70.1 Å². The Morgan fingerprint density at radius 1 is 0.557 bits per heavy atom. The topological polar surface area (TPSA) is 314 Å². The number of urea groups is 1. The molecule has 3 aromatic heterocycles. The van der Waals surface area contributed by atoms with E-state index in [4.69, 9.17) is 19.3 Å². The van der Waals surface area contributed by atoms with Crippen LogP contribution in [0.3, 0.4) is 0 Å². The van der Waals surface area contributed by atoms with Crippen LogP contribution in [0.1, 0.15) is 98.7 Å². The minimum absolute atomic E-state index is 0.0208. The zero-order valence-corrected chi connectivity index (χ0v) is 56.5. The van der Waals surface area contributed by atoms with Gasteiger partial charge in [0.05, 0.1) is 164 Å². The Balaban J connectivity index is 0.000000162. The zero-order chi connectivity index (χ0) is 71.1. The lowest BCUT2D eigenvalue weighted by Crippen LogP contribution is -2.47. The van der Waals surface area contributed by atoms with Crippen LogP contribution in [0.15, 0.2) is 73.2 Å². The van der Waals surface area contributed by atoms with Crippen LogP contribution in [0.4, 0.5) is 68.3 Å². The second kappa shape index (κ2) is 31.0. The molecule has 3 saturated heterocycles. The smallest absolute Gasteiger partial charge is 0.417 e. The summed E-state index contributed by atoms with van der Waals surface area (Å²) in [5.74, 6) is -8.94. The number of nitrogens with zero attached hydrogens (tertiary/aromatic N) is 11. The highest BCUT2D eigenvalue weighted by molar-refractivity contribution is 14.1. The van der Waals surface area contributed by atoms with Crippen LogP contribution in [0.2, 0.25) is 0 Å². The first-order chi connectivity index (χ1) is 45.5. The summed E-state index contributed by atoms with van der Waals surface area (Å²) in [6, 6.07) is 9.93. The van der Waals surface area contributed by atoms with Crippen LogP contribution >= 0.6 is 22.6 Å². The molecule has 3 fully saturated rings. The number of amides is 8. The van der Waals surface area contributed by atoms with Crippen molar-refractivity contribution in [3.05, 3.63) is 129 Å². The van der Waals surface area contributed by atoms with Gasteiger partial charge in [-0.25, -0.2) is 45.5 Å². The van der Waals surface area contributed by atoms with Crippen molar-refractivity contribution in [2.45, 2.75) is 168 Å². The normalized spacial score (nSPS) is 20.2. The number of hydrogen-bond donors (Lipinski definition) is 6. The second-order valence-corrected chi connectivity index (χ2v) is 26.6. The van der Waals surface area contributed by atoms with E-state index >= 15 is 0 Å². The molecule has 12 rings (SSSR count). The van der Waals surface area contributed by atoms with E-state index in [0.717, 1.165) is 21.5 Å². The van der Waals surface area contributed by atoms with Gasteiger partial charge in [0.25, 0.3) is 0 Å². The molecule has 0 saturated carbocycles. The molecule has 0 spiro atoms. The average molecular weight is 1480 g/mol. The van der Waals surface area contributed by atoms with Gasteiger partial charge in [-0.2, -0.15) is 15.3 Å². The highest BCUT2D eigenvalue weighted by atomic mass is 127. The van der Waals surface area contributed by atoms with Crippen LogP contribution < -0.4 is 30.5 Å². The maximum Gasteiger partial charge on any atom is 0.417 e. The first-order valence-corrected chi connectivity index (χ1v) is 31.7. The van der Waals surface area contributed by atoms with Gasteiger partial charge in [-0.1, -0.05) is 18.2 Å². The monoisotopic (exact) mass is 1480 g/mol. The number of aliphatic hydroxyl groups is 3. The fourth-order valence-corrected chi connectivity index (χ4v) is 11.2. The summed E-state index contributed by atoms with van der Waals surface area (Å²) in [7, 11) is 0. The number of β-amino-alcohol motifs (C(OH)–C–C–N with tert-alkyl or cyclic N) is 3. The van der Waals surface area contributed by atoms with E-state index in [0.29, 0.717) is 74.1 Å². The van der Waals surface area contributed by atoms with E-state index in [1.807, 2.05) is 71.0 Å². The number of hydrogen-bond acceptors (Lipinski definition) is 16. The number of rotatable bonds is 5. The zero-order valence-electron chi connectivity index (χ0n) is 54.4. The number of ether oxygens (including phenoxy) is 3. The fraction of sp³-hybridized carbons (Fsp3) is 0.460. The van der Waals surface area contributed by atoms with Crippen LogP contribution in [0.25, 0.3) is 0 Å². The Morgan fingerprint density at radius 3 is 1.35 bits per heavy atom. The van der Waals surface area contributed by atoms with E-state index in [-0.39, 0.29) is 104 Å². The van der Waals surface area contributed by atoms with Crippen molar-refractivity contribution in [1.82, 2.24) is 49.4 Å². The Morgan fingerprint density at radius 2 is 0.959 bits per heavy atom.